The van der Waals surface area contributed by atoms with Gasteiger partial charge < -0.3 is 10.8 Å². The van der Waals surface area contributed by atoms with Crippen LogP contribution in [0.15, 0.2) is 0 Å². The maximum atomic E-state index is 9.86. The average Bonchev–Trinajstić information content (AvgIpc) is 1.61. The van der Waals surface area contributed by atoms with Crippen LogP contribution in [-0.2, 0) is 9.59 Å². The Hall–Kier alpha value is -0.580. The summed E-state index contributed by atoms with van der Waals surface area (Å²) in [4.78, 5) is 19.6. The molecule has 5 heteroatoms. The van der Waals surface area contributed by atoms with Crippen LogP contribution in [0.4, 0.5) is 0 Å². The van der Waals surface area contributed by atoms with E-state index < -0.39 is 11.9 Å². The maximum Gasteiger partial charge on any atom is 0.303 e. The van der Waals surface area contributed by atoms with E-state index in [0.29, 0.717) is 0 Å². The van der Waals surface area contributed by atoms with Gasteiger partial charge in [0.1, 0.15) is 0 Å². The number of carboxylic acid groups (broad SMARTS) is 1. The number of hydrogen-bond acceptors (Lipinski definition) is 2. The van der Waals surface area contributed by atoms with Gasteiger partial charge in [0.05, 0.1) is 6.42 Å². The summed E-state index contributed by atoms with van der Waals surface area (Å²) in [7, 11) is 0. The summed E-state index contributed by atoms with van der Waals surface area (Å²) in [6.07, 6.45) is -0.245. The summed E-state index contributed by atoms with van der Waals surface area (Å²) in [5, 5.41) is 7.95. The Morgan fingerprint density at radius 3 is 1.89 bits per heavy atom. The topological polar surface area (TPSA) is 80.4 Å². The van der Waals surface area contributed by atoms with E-state index in [1.807, 2.05) is 0 Å². The van der Waals surface area contributed by atoms with E-state index in [1.54, 1.807) is 0 Å². The van der Waals surface area contributed by atoms with Gasteiger partial charge in [-0.3, -0.25) is 9.59 Å². The van der Waals surface area contributed by atoms with Crippen LogP contribution in [0.3, 0.4) is 0 Å². The monoisotopic (exact) mass is 197 g/mol. The van der Waals surface area contributed by atoms with Crippen molar-refractivity contribution < 1.29 is 14.7 Å². The second-order valence-electron chi connectivity index (χ2n) is 1.36. The van der Waals surface area contributed by atoms with E-state index in [0.717, 1.165) is 0 Å². The lowest BCUT2D eigenvalue weighted by atomic mass is 10.3. The van der Waals surface area contributed by atoms with Crippen molar-refractivity contribution in [3.05, 3.63) is 0 Å². The zero-order valence-corrected chi connectivity index (χ0v) is 6.38. The maximum absolute atomic E-state index is 9.86. The largest absolute Gasteiger partial charge is 0.481 e. The lowest BCUT2D eigenvalue weighted by molar-refractivity contribution is -0.138. The molecule has 0 aromatic carbocycles. The van der Waals surface area contributed by atoms with Crippen molar-refractivity contribution >= 4 is 28.9 Å². The second-order valence-corrected chi connectivity index (χ2v) is 1.36. The van der Waals surface area contributed by atoms with Crippen molar-refractivity contribution in [3.8, 4) is 0 Å². The Bertz CT molecular complexity index is 100. The van der Waals surface area contributed by atoms with E-state index in [2.05, 4.69) is 5.73 Å². The molecule has 0 spiro atoms. The number of primary amides is 1. The summed E-state index contributed by atoms with van der Waals surface area (Å²) in [6.45, 7) is 0. The van der Waals surface area contributed by atoms with Crippen LogP contribution in [0, 0.1) is 0 Å². The fourth-order valence-corrected chi connectivity index (χ4v) is 0.230. The molecule has 3 N–H and O–H groups in total. The highest BCUT2D eigenvalue weighted by Crippen LogP contribution is 1.84. The van der Waals surface area contributed by atoms with Gasteiger partial charge in [-0.25, -0.2) is 0 Å². The molecule has 0 bridgehead atoms. The van der Waals surface area contributed by atoms with E-state index in [9.17, 15) is 9.59 Å². The third kappa shape index (κ3) is 11.2. The van der Waals surface area contributed by atoms with Gasteiger partial charge in [0.15, 0.2) is 0 Å². The lowest BCUT2D eigenvalue weighted by Crippen LogP contribution is -2.12. The molecule has 0 aliphatic heterocycles. The normalized spacial score (nSPS) is 7.56. The summed E-state index contributed by atoms with van der Waals surface area (Å²) < 4.78 is 0. The van der Waals surface area contributed by atoms with Crippen molar-refractivity contribution in [1.29, 1.82) is 0 Å². The first-order chi connectivity index (χ1) is 3.63. The first-order valence-corrected chi connectivity index (χ1v) is 2.13. The van der Waals surface area contributed by atoms with Gasteiger partial charge >= 0.3 is 5.97 Å². The molecule has 0 aromatic heterocycles. The zero-order chi connectivity index (χ0) is 6.57. The Kier molecular flexibility index (Phi) is 6.94. The predicted molar refractivity (Wildman–Crippen MR) is 36.4 cm³/mol. The molecule has 0 atom stereocenters. The van der Waals surface area contributed by atoms with Crippen molar-refractivity contribution in [1.82, 2.24) is 0 Å². The summed E-state index contributed by atoms with van der Waals surface area (Å²) >= 11 is 0. The number of nitrogens with two attached hydrogens (primary N) is 1. The number of aliphatic carboxylic acids is 1. The van der Waals surface area contributed by atoms with Crippen LogP contribution >= 0.6 is 17.0 Å². The molecule has 0 aliphatic carbocycles. The van der Waals surface area contributed by atoms with Gasteiger partial charge in [-0.05, 0) is 0 Å². The fourth-order valence-electron chi connectivity index (χ4n) is 0.230. The minimum absolute atomic E-state index is 0. The molecule has 0 aliphatic rings. The van der Waals surface area contributed by atoms with Gasteiger partial charge in [0.2, 0.25) is 5.91 Å². The second kappa shape index (κ2) is 5.55. The van der Waals surface area contributed by atoms with Crippen molar-refractivity contribution in [3.63, 3.8) is 0 Å². The molecule has 0 aromatic rings. The van der Waals surface area contributed by atoms with E-state index in [1.165, 1.54) is 0 Å². The lowest BCUT2D eigenvalue weighted by Gasteiger charge is -1.86. The summed E-state index contributed by atoms with van der Waals surface area (Å²) in [6, 6.07) is 0. The standard InChI is InChI=1S/C4H7NO3.BrH/c5-3(6)1-2-4(7)8;/h1-2H2,(H2,5,6)(H,7,8);1H. The molecule has 0 fully saturated rings. The van der Waals surface area contributed by atoms with Crippen molar-refractivity contribution in [2.75, 3.05) is 0 Å². The summed E-state index contributed by atoms with van der Waals surface area (Å²) in [5.74, 6) is -1.57. The van der Waals surface area contributed by atoms with Crippen LogP contribution in [0.1, 0.15) is 12.8 Å². The molecule has 1 amide bonds. The minimum atomic E-state index is -0.996. The Morgan fingerprint density at radius 1 is 1.33 bits per heavy atom. The van der Waals surface area contributed by atoms with Gasteiger partial charge in [-0.15, -0.1) is 17.0 Å². The van der Waals surface area contributed by atoms with Gasteiger partial charge in [-0.1, -0.05) is 0 Å². The quantitative estimate of drug-likeness (QED) is 0.665. The molecule has 54 valence electrons. The first kappa shape index (κ1) is 11.2. The van der Waals surface area contributed by atoms with Gasteiger partial charge in [0.25, 0.3) is 0 Å². The van der Waals surface area contributed by atoms with E-state index in [-0.39, 0.29) is 29.8 Å². The fraction of sp³-hybridized carbons (Fsp3) is 0.500. The molecule has 0 heterocycles. The zero-order valence-electron chi connectivity index (χ0n) is 4.66. The number of carbonyl (C=O) groups excluding carboxylic acids is 1. The third-order valence-corrected chi connectivity index (χ3v) is 0.585. The van der Waals surface area contributed by atoms with E-state index in [4.69, 9.17) is 5.11 Å². The number of amides is 1. The minimum Gasteiger partial charge on any atom is -0.481 e. The molecular formula is C4H8BrNO3. The molecular weight excluding hydrogens is 190 g/mol. The smallest absolute Gasteiger partial charge is 0.303 e. The van der Waals surface area contributed by atoms with Crippen molar-refractivity contribution in [2.24, 2.45) is 5.73 Å². The molecule has 0 unspecified atom stereocenters. The predicted octanol–water partition coefficient (Wildman–Crippen LogP) is -0.0856. The van der Waals surface area contributed by atoms with Crippen LogP contribution in [0.2, 0.25) is 0 Å². The summed E-state index contributed by atoms with van der Waals surface area (Å²) in [5.41, 5.74) is 4.64. The van der Waals surface area contributed by atoms with Crippen LogP contribution in [-0.4, -0.2) is 17.0 Å². The first-order valence-electron chi connectivity index (χ1n) is 2.13. The highest BCUT2D eigenvalue weighted by Gasteiger charge is 1.98. The van der Waals surface area contributed by atoms with Crippen molar-refractivity contribution in [2.45, 2.75) is 12.8 Å². The van der Waals surface area contributed by atoms with Gasteiger partial charge in [-0.2, -0.15) is 0 Å². The van der Waals surface area contributed by atoms with Crippen LogP contribution in [0.5, 0.6) is 0 Å². The average molecular weight is 198 g/mol. The highest BCUT2D eigenvalue weighted by atomic mass is 79.9. The molecule has 0 saturated carbocycles. The Labute approximate surface area is 62.8 Å². The number of halogens is 1. The van der Waals surface area contributed by atoms with E-state index >= 15 is 0 Å². The number of rotatable bonds is 3. The number of carbonyl (C=O) groups is 2. The van der Waals surface area contributed by atoms with Crippen LogP contribution < -0.4 is 5.73 Å². The molecule has 9 heavy (non-hydrogen) atoms. The number of carboxylic acids is 1. The third-order valence-electron chi connectivity index (χ3n) is 0.585. The number of hydrogen-bond donors (Lipinski definition) is 2. The highest BCUT2D eigenvalue weighted by molar-refractivity contribution is 8.93. The Balaban J connectivity index is 0. The molecule has 0 radical (unpaired) electrons. The molecule has 4 nitrogen and oxygen atoms in total. The van der Waals surface area contributed by atoms with Gasteiger partial charge in [0, 0.05) is 6.42 Å². The molecule has 0 saturated heterocycles. The van der Waals surface area contributed by atoms with Crippen LogP contribution in [0.25, 0.3) is 0 Å². The molecule has 0 rings (SSSR count). The Morgan fingerprint density at radius 2 is 1.78 bits per heavy atom. The SMILES string of the molecule is Br.NC(=O)CCC(=O)O.